The first kappa shape index (κ1) is 11.2. The summed E-state index contributed by atoms with van der Waals surface area (Å²) < 4.78 is 7.47. The van der Waals surface area contributed by atoms with Crippen LogP contribution < -0.4 is 5.32 Å². The third-order valence-corrected chi connectivity index (χ3v) is 2.77. The Morgan fingerprint density at radius 1 is 1.31 bits per heavy atom. The monoisotopic (exact) mass is 218 g/mol. The molecule has 3 heteroatoms. The van der Waals surface area contributed by atoms with Crippen molar-refractivity contribution in [3.8, 4) is 0 Å². The van der Waals surface area contributed by atoms with Gasteiger partial charge in [-0.2, -0.15) is 0 Å². The van der Waals surface area contributed by atoms with Crippen LogP contribution in [0.15, 0.2) is 30.3 Å². The molecule has 0 radical (unpaired) electrons. The fourth-order valence-electron chi connectivity index (χ4n) is 2.04. The number of para-hydroxylation sites is 1. The fourth-order valence-corrected chi connectivity index (χ4v) is 2.04. The van der Waals surface area contributed by atoms with Crippen LogP contribution in [0.2, 0.25) is 0 Å². The van der Waals surface area contributed by atoms with Crippen molar-refractivity contribution in [2.45, 2.75) is 13.1 Å². The lowest BCUT2D eigenvalue weighted by atomic mass is 10.2. The highest BCUT2D eigenvalue weighted by Gasteiger charge is 2.06. The minimum atomic E-state index is 0.745. The number of hydrogen-bond donors (Lipinski definition) is 1. The lowest BCUT2D eigenvalue weighted by Crippen LogP contribution is -2.13. The molecule has 0 atom stereocenters. The zero-order chi connectivity index (χ0) is 11.4. The minimum Gasteiger partial charge on any atom is -0.383 e. The number of ether oxygens (including phenoxy) is 1. The van der Waals surface area contributed by atoms with Crippen molar-refractivity contribution in [2.24, 2.45) is 0 Å². The van der Waals surface area contributed by atoms with Crippen molar-refractivity contribution in [1.29, 1.82) is 0 Å². The third-order valence-electron chi connectivity index (χ3n) is 2.77. The molecule has 1 N–H and O–H groups in total. The van der Waals surface area contributed by atoms with E-state index in [-0.39, 0.29) is 0 Å². The summed E-state index contributed by atoms with van der Waals surface area (Å²) in [4.78, 5) is 0. The number of methoxy groups -OCH3 is 1. The van der Waals surface area contributed by atoms with Crippen molar-refractivity contribution < 1.29 is 4.74 Å². The molecule has 0 saturated carbocycles. The summed E-state index contributed by atoms with van der Waals surface area (Å²) in [6, 6.07) is 10.7. The van der Waals surface area contributed by atoms with Crippen molar-refractivity contribution in [3.63, 3.8) is 0 Å². The molecule has 1 aromatic carbocycles. The lowest BCUT2D eigenvalue weighted by Gasteiger charge is -2.09. The molecule has 1 aromatic heterocycles. The van der Waals surface area contributed by atoms with Crippen LogP contribution >= 0.6 is 0 Å². The summed E-state index contributed by atoms with van der Waals surface area (Å²) >= 11 is 0. The maximum Gasteiger partial charge on any atom is 0.0642 e. The number of hydrogen-bond acceptors (Lipinski definition) is 2. The molecule has 0 fully saturated rings. The van der Waals surface area contributed by atoms with Gasteiger partial charge in [0.25, 0.3) is 0 Å². The smallest absolute Gasteiger partial charge is 0.0642 e. The second-order valence-corrected chi connectivity index (χ2v) is 3.87. The first-order valence-electron chi connectivity index (χ1n) is 5.57. The summed E-state index contributed by atoms with van der Waals surface area (Å²) in [6.45, 7) is 2.54. The van der Waals surface area contributed by atoms with E-state index >= 15 is 0 Å². The Bertz CT molecular complexity index is 462. The van der Waals surface area contributed by atoms with E-state index in [4.69, 9.17) is 4.74 Å². The highest BCUT2D eigenvalue weighted by Crippen LogP contribution is 2.19. The Morgan fingerprint density at radius 3 is 2.88 bits per heavy atom. The normalized spacial score (nSPS) is 11.1. The van der Waals surface area contributed by atoms with Crippen molar-refractivity contribution in [1.82, 2.24) is 9.88 Å². The standard InChI is InChI=1S/C13H18N2O/c1-14-10-12-9-11-5-3-4-6-13(11)15(12)7-8-16-2/h3-6,9,14H,7-8,10H2,1-2H3. The maximum atomic E-state index is 5.16. The Kier molecular flexibility index (Phi) is 3.59. The van der Waals surface area contributed by atoms with Gasteiger partial charge in [0, 0.05) is 31.4 Å². The van der Waals surface area contributed by atoms with Gasteiger partial charge < -0.3 is 14.6 Å². The number of nitrogens with one attached hydrogen (secondary N) is 1. The molecular weight excluding hydrogens is 200 g/mol. The first-order valence-corrected chi connectivity index (χ1v) is 5.57. The zero-order valence-corrected chi connectivity index (χ0v) is 9.86. The average molecular weight is 218 g/mol. The van der Waals surface area contributed by atoms with Gasteiger partial charge in [-0.05, 0) is 24.6 Å². The van der Waals surface area contributed by atoms with Crippen molar-refractivity contribution in [3.05, 3.63) is 36.0 Å². The molecule has 2 rings (SSSR count). The summed E-state index contributed by atoms with van der Waals surface area (Å²) in [5.41, 5.74) is 2.59. The minimum absolute atomic E-state index is 0.745. The molecule has 0 aliphatic rings. The third kappa shape index (κ3) is 2.10. The number of fused-ring (bicyclic) bond motifs is 1. The molecule has 16 heavy (non-hydrogen) atoms. The van der Waals surface area contributed by atoms with Crippen LogP contribution in [-0.2, 0) is 17.8 Å². The maximum absolute atomic E-state index is 5.16. The van der Waals surface area contributed by atoms with Crippen molar-refractivity contribution in [2.75, 3.05) is 20.8 Å². The van der Waals surface area contributed by atoms with E-state index in [1.807, 2.05) is 7.05 Å². The molecule has 0 unspecified atom stereocenters. The summed E-state index contributed by atoms with van der Waals surface area (Å²) in [6.07, 6.45) is 0. The van der Waals surface area contributed by atoms with E-state index in [0.717, 1.165) is 19.7 Å². The molecule has 0 aliphatic carbocycles. The van der Waals surface area contributed by atoms with E-state index in [1.165, 1.54) is 16.6 Å². The molecule has 0 amide bonds. The first-order chi connectivity index (χ1) is 7.86. The van der Waals surface area contributed by atoms with Crippen LogP contribution in [0, 0.1) is 0 Å². The molecular formula is C13H18N2O. The summed E-state index contributed by atoms with van der Waals surface area (Å²) in [5.74, 6) is 0. The highest BCUT2D eigenvalue weighted by molar-refractivity contribution is 5.81. The largest absolute Gasteiger partial charge is 0.383 e. The van der Waals surface area contributed by atoms with Crippen LogP contribution in [0.5, 0.6) is 0 Å². The molecule has 0 bridgehead atoms. The van der Waals surface area contributed by atoms with Crippen LogP contribution in [0.25, 0.3) is 10.9 Å². The van der Waals surface area contributed by atoms with Crippen LogP contribution in [-0.4, -0.2) is 25.3 Å². The second kappa shape index (κ2) is 5.14. The van der Waals surface area contributed by atoms with Gasteiger partial charge in [-0.25, -0.2) is 0 Å². The van der Waals surface area contributed by atoms with Gasteiger partial charge in [0.15, 0.2) is 0 Å². The van der Waals surface area contributed by atoms with E-state index in [2.05, 4.69) is 40.2 Å². The molecule has 2 aromatic rings. The summed E-state index contributed by atoms with van der Waals surface area (Å²) in [7, 11) is 3.71. The van der Waals surface area contributed by atoms with Gasteiger partial charge in [-0.15, -0.1) is 0 Å². The quantitative estimate of drug-likeness (QED) is 0.830. The van der Waals surface area contributed by atoms with Gasteiger partial charge in [0.2, 0.25) is 0 Å². The van der Waals surface area contributed by atoms with E-state index in [9.17, 15) is 0 Å². The van der Waals surface area contributed by atoms with Gasteiger partial charge >= 0.3 is 0 Å². The molecule has 86 valence electrons. The van der Waals surface area contributed by atoms with Gasteiger partial charge in [-0.3, -0.25) is 0 Å². The number of rotatable bonds is 5. The van der Waals surface area contributed by atoms with Crippen molar-refractivity contribution >= 4 is 10.9 Å². The predicted octanol–water partition coefficient (Wildman–Crippen LogP) is 2.01. The molecule has 0 saturated heterocycles. The topological polar surface area (TPSA) is 26.2 Å². The van der Waals surface area contributed by atoms with Crippen LogP contribution in [0.1, 0.15) is 5.69 Å². The Balaban J connectivity index is 2.42. The van der Waals surface area contributed by atoms with Crippen LogP contribution in [0.3, 0.4) is 0 Å². The highest BCUT2D eigenvalue weighted by atomic mass is 16.5. The molecule has 1 heterocycles. The SMILES string of the molecule is CNCc1cc2ccccc2n1CCOC. The Morgan fingerprint density at radius 2 is 2.12 bits per heavy atom. The van der Waals surface area contributed by atoms with Gasteiger partial charge in [-0.1, -0.05) is 18.2 Å². The molecule has 0 spiro atoms. The van der Waals surface area contributed by atoms with Gasteiger partial charge in [0.05, 0.1) is 6.61 Å². The number of benzene rings is 1. The zero-order valence-electron chi connectivity index (χ0n) is 9.86. The Labute approximate surface area is 96.0 Å². The lowest BCUT2D eigenvalue weighted by molar-refractivity contribution is 0.187. The second-order valence-electron chi connectivity index (χ2n) is 3.87. The van der Waals surface area contributed by atoms with E-state index in [0.29, 0.717) is 0 Å². The van der Waals surface area contributed by atoms with Crippen LogP contribution in [0.4, 0.5) is 0 Å². The molecule has 3 nitrogen and oxygen atoms in total. The Hall–Kier alpha value is -1.32. The average Bonchev–Trinajstić information content (AvgIpc) is 2.65. The molecule has 0 aliphatic heterocycles. The fraction of sp³-hybridized carbons (Fsp3) is 0.385. The number of aromatic nitrogens is 1. The predicted molar refractivity (Wildman–Crippen MR) is 66.6 cm³/mol. The van der Waals surface area contributed by atoms with E-state index in [1.54, 1.807) is 7.11 Å². The summed E-state index contributed by atoms with van der Waals surface area (Å²) in [5, 5.41) is 4.50. The van der Waals surface area contributed by atoms with E-state index < -0.39 is 0 Å². The number of nitrogens with zero attached hydrogens (tertiary/aromatic N) is 1. The van der Waals surface area contributed by atoms with Gasteiger partial charge in [0.1, 0.15) is 0 Å².